The van der Waals surface area contributed by atoms with Crippen LogP contribution < -0.4 is 0 Å². The number of nitrogens with zero attached hydrogens (tertiary/aromatic N) is 6. The van der Waals surface area contributed by atoms with E-state index in [9.17, 15) is 16.8 Å². The van der Waals surface area contributed by atoms with E-state index < -0.39 is 20.0 Å². The molecule has 1 aromatic carbocycles. The van der Waals surface area contributed by atoms with Crippen LogP contribution in [0.5, 0.6) is 0 Å². The Morgan fingerprint density at radius 3 is 2.16 bits per heavy atom. The lowest BCUT2D eigenvalue weighted by Gasteiger charge is -2.32. The predicted molar refractivity (Wildman–Crippen MR) is 89.1 cm³/mol. The van der Waals surface area contributed by atoms with Crippen molar-refractivity contribution in [1.82, 2.24) is 28.8 Å². The van der Waals surface area contributed by atoms with Crippen LogP contribution >= 0.6 is 0 Å². The van der Waals surface area contributed by atoms with Crippen LogP contribution in [0.15, 0.2) is 29.4 Å². The molecule has 1 aromatic heterocycles. The van der Waals surface area contributed by atoms with E-state index in [0.717, 1.165) is 6.26 Å². The van der Waals surface area contributed by atoms with Crippen molar-refractivity contribution in [3.8, 4) is 5.69 Å². The fourth-order valence-corrected chi connectivity index (χ4v) is 5.04. The SMILES string of the molecule is Cc1cc(S(=O)(=O)N2CCN(S(C)(=O)=O)CC2)ccc1-n1cnnn1. The summed E-state index contributed by atoms with van der Waals surface area (Å²) in [5, 5.41) is 10.9. The summed E-state index contributed by atoms with van der Waals surface area (Å²) in [5.41, 5.74) is 1.40. The Morgan fingerprint density at radius 2 is 1.64 bits per heavy atom. The molecule has 0 radical (unpaired) electrons. The second kappa shape index (κ2) is 6.44. The van der Waals surface area contributed by atoms with Crippen molar-refractivity contribution in [2.24, 2.45) is 0 Å². The quantitative estimate of drug-likeness (QED) is 0.677. The van der Waals surface area contributed by atoms with E-state index in [1.165, 1.54) is 25.7 Å². The zero-order valence-corrected chi connectivity index (χ0v) is 15.4. The summed E-state index contributed by atoms with van der Waals surface area (Å²) in [6.07, 6.45) is 2.55. The second-order valence-corrected chi connectivity index (χ2v) is 9.69. The third kappa shape index (κ3) is 3.56. The number of aromatic nitrogens is 4. The lowest BCUT2D eigenvalue weighted by atomic mass is 10.2. The van der Waals surface area contributed by atoms with E-state index >= 15 is 0 Å². The van der Waals surface area contributed by atoms with Gasteiger partial charge in [0.2, 0.25) is 20.0 Å². The smallest absolute Gasteiger partial charge is 0.213 e. The molecule has 0 amide bonds. The van der Waals surface area contributed by atoms with Gasteiger partial charge in [0.05, 0.1) is 16.8 Å². The number of piperazine rings is 1. The minimum atomic E-state index is -3.69. The lowest BCUT2D eigenvalue weighted by Crippen LogP contribution is -2.50. The van der Waals surface area contributed by atoms with Crippen molar-refractivity contribution in [3.63, 3.8) is 0 Å². The molecule has 0 bridgehead atoms. The topological polar surface area (TPSA) is 118 Å². The Hall–Kier alpha value is -1.89. The van der Waals surface area contributed by atoms with Gasteiger partial charge in [-0.15, -0.1) is 5.10 Å². The lowest BCUT2D eigenvalue weighted by molar-refractivity contribution is 0.274. The van der Waals surface area contributed by atoms with Crippen molar-refractivity contribution in [2.45, 2.75) is 11.8 Å². The first-order valence-corrected chi connectivity index (χ1v) is 10.8. The Labute approximate surface area is 146 Å². The summed E-state index contributed by atoms with van der Waals surface area (Å²) >= 11 is 0. The summed E-state index contributed by atoms with van der Waals surface area (Å²) in [6.45, 7) is 2.34. The summed E-state index contributed by atoms with van der Waals surface area (Å²) in [6, 6.07) is 4.71. The molecule has 10 nitrogen and oxygen atoms in total. The molecule has 1 saturated heterocycles. The summed E-state index contributed by atoms with van der Waals surface area (Å²) in [5.74, 6) is 0. The van der Waals surface area contributed by atoms with Crippen LogP contribution in [0, 0.1) is 6.92 Å². The van der Waals surface area contributed by atoms with Gasteiger partial charge in [-0.1, -0.05) is 0 Å². The van der Waals surface area contributed by atoms with Gasteiger partial charge >= 0.3 is 0 Å². The highest BCUT2D eigenvalue weighted by Crippen LogP contribution is 2.22. The Balaban J connectivity index is 1.83. The van der Waals surface area contributed by atoms with E-state index in [1.54, 1.807) is 19.1 Å². The van der Waals surface area contributed by atoms with E-state index in [-0.39, 0.29) is 31.1 Å². The maximum absolute atomic E-state index is 12.8. The zero-order chi connectivity index (χ0) is 18.2. The van der Waals surface area contributed by atoms with Crippen LogP contribution in [0.1, 0.15) is 5.56 Å². The summed E-state index contributed by atoms with van der Waals surface area (Å²) in [7, 11) is -6.99. The van der Waals surface area contributed by atoms with Gasteiger partial charge in [0.25, 0.3) is 0 Å². The number of aryl methyl sites for hydroxylation is 1. The predicted octanol–water partition coefficient (Wildman–Crippen LogP) is -0.763. The Morgan fingerprint density at radius 1 is 1.00 bits per heavy atom. The summed E-state index contributed by atoms with van der Waals surface area (Å²) in [4.78, 5) is 0.162. The van der Waals surface area contributed by atoms with Gasteiger partial charge < -0.3 is 0 Å². The zero-order valence-electron chi connectivity index (χ0n) is 13.8. The fraction of sp³-hybridized carbons (Fsp3) is 0.462. The van der Waals surface area contributed by atoms with Crippen molar-refractivity contribution >= 4 is 20.0 Å². The molecular formula is C13H18N6O4S2. The maximum Gasteiger partial charge on any atom is 0.243 e. The number of hydrogen-bond acceptors (Lipinski definition) is 7. The van der Waals surface area contributed by atoms with Gasteiger partial charge in [-0.3, -0.25) is 0 Å². The van der Waals surface area contributed by atoms with Crippen LogP contribution in [0.3, 0.4) is 0 Å². The molecule has 2 heterocycles. The van der Waals surface area contributed by atoms with Gasteiger partial charge in [-0.05, 0) is 41.1 Å². The highest BCUT2D eigenvalue weighted by molar-refractivity contribution is 7.89. The molecule has 0 aliphatic carbocycles. The molecule has 0 unspecified atom stereocenters. The highest BCUT2D eigenvalue weighted by Gasteiger charge is 2.31. The monoisotopic (exact) mass is 386 g/mol. The molecule has 0 spiro atoms. The number of tetrazole rings is 1. The number of rotatable bonds is 4. The number of benzene rings is 1. The molecule has 25 heavy (non-hydrogen) atoms. The van der Waals surface area contributed by atoms with Gasteiger partial charge in [0, 0.05) is 26.2 Å². The van der Waals surface area contributed by atoms with Crippen molar-refractivity contribution in [1.29, 1.82) is 0 Å². The van der Waals surface area contributed by atoms with Crippen molar-refractivity contribution in [3.05, 3.63) is 30.1 Å². The van der Waals surface area contributed by atoms with Gasteiger partial charge in [-0.2, -0.15) is 8.61 Å². The molecule has 12 heteroatoms. The largest absolute Gasteiger partial charge is 0.243 e. The molecule has 2 aromatic rings. The minimum absolute atomic E-state index is 0.128. The van der Waals surface area contributed by atoms with Crippen LogP contribution in [-0.4, -0.2) is 78.1 Å². The molecule has 1 aliphatic rings. The minimum Gasteiger partial charge on any atom is -0.213 e. The molecule has 136 valence electrons. The molecule has 0 saturated carbocycles. The third-order valence-corrected chi connectivity index (χ3v) is 7.27. The second-order valence-electron chi connectivity index (χ2n) is 5.77. The van der Waals surface area contributed by atoms with Gasteiger partial charge in [0.15, 0.2) is 0 Å². The number of sulfonamides is 2. The van der Waals surface area contributed by atoms with E-state index in [4.69, 9.17) is 0 Å². The van der Waals surface area contributed by atoms with E-state index in [1.807, 2.05) is 0 Å². The third-order valence-electron chi connectivity index (χ3n) is 4.07. The Kier molecular flexibility index (Phi) is 4.62. The van der Waals surface area contributed by atoms with Crippen molar-refractivity contribution in [2.75, 3.05) is 32.4 Å². The molecule has 1 aliphatic heterocycles. The summed E-state index contributed by atoms with van der Waals surface area (Å²) < 4.78 is 52.7. The van der Waals surface area contributed by atoms with E-state index in [0.29, 0.717) is 11.3 Å². The molecule has 3 rings (SSSR count). The first-order valence-electron chi connectivity index (χ1n) is 7.49. The average Bonchev–Trinajstić information content (AvgIpc) is 3.08. The first kappa shape index (κ1) is 17.9. The van der Waals surface area contributed by atoms with Gasteiger partial charge in [0.1, 0.15) is 6.33 Å². The van der Waals surface area contributed by atoms with Crippen LogP contribution in [0.25, 0.3) is 5.69 Å². The average molecular weight is 386 g/mol. The number of hydrogen-bond donors (Lipinski definition) is 0. The van der Waals surface area contributed by atoms with Crippen LogP contribution in [0.2, 0.25) is 0 Å². The van der Waals surface area contributed by atoms with Crippen molar-refractivity contribution < 1.29 is 16.8 Å². The van der Waals surface area contributed by atoms with E-state index in [2.05, 4.69) is 15.5 Å². The maximum atomic E-state index is 12.8. The first-order chi connectivity index (χ1) is 11.7. The molecule has 1 fully saturated rings. The fourth-order valence-electron chi connectivity index (χ4n) is 2.71. The highest BCUT2D eigenvalue weighted by atomic mass is 32.2. The standard InChI is InChI=1S/C13H18N6O4S2/c1-11-9-12(3-4-13(11)19-10-14-15-16-19)25(22,23)18-7-5-17(6-8-18)24(2,20)21/h3-4,9-10H,5-8H2,1-2H3. The van der Waals surface area contributed by atoms with Crippen LogP contribution in [0.4, 0.5) is 0 Å². The normalized spacial score (nSPS) is 17.7. The van der Waals surface area contributed by atoms with Crippen LogP contribution in [-0.2, 0) is 20.0 Å². The molecular weight excluding hydrogens is 368 g/mol. The molecule has 0 N–H and O–H groups in total. The Bertz CT molecular complexity index is 964. The van der Waals surface area contributed by atoms with Gasteiger partial charge in [-0.25, -0.2) is 21.5 Å². The molecule has 0 atom stereocenters.